The second-order valence-corrected chi connectivity index (χ2v) is 4.46. The molecule has 0 amide bonds. The van der Waals surface area contributed by atoms with Crippen LogP contribution in [0.25, 0.3) is 11.3 Å². The Morgan fingerprint density at radius 3 is 2.62 bits per heavy atom. The number of hydrogen-bond donors (Lipinski definition) is 1. The van der Waals surface area contributed by atoms with Crippen LogP contribution in [0.5, 0.6) is 0 Å². The fourth-order valence-corrected chi connectivity index (χ4v) is 1.70. The maximum absolute atomic E-state index is 5.85. The zero-order valence-electron chi connectivity index (χ0n) is 9.50. The van der Waals surface area contributed by atoms with Gasteiger partial charge in [-0.1, -0.05) is 37.6 Å². The van der Waals surface area contributed by atoms with Gasteiger partial charge in [0.1, 0.15) is 0 Å². The third kappa shape index (κ3) is 2.27. The van der Waals surface area contributed by atoms with Crippen LogP contribution in [-0.2, 0) is 0 Å². The molecule has 0 bridgehead atoms. The lowest BCUT2D eigenvalue weighted by Crippen LogP contribution is -1.90. The minimum absolute atomic E-state index is 0.522. The highest BCUT2D eigenvalue weighted by atomic mass is 35.5. The summed E-state index contributed by atoms with van der Waals surface area (Å²) in [5, 5.41) is 8.15. The zero-order chi connectivity index (χ0) is 11.5. The molecule has 2 rings (SSSR count). The molecule has 1 atom stereocenters. The molecule has 84 valence electrons. The van der Waals surface area contributed by atoms with E-state index < -0.39 is 0 Å². The Bertz CT molecular complexity index is 459. The minimum Gasteiger partial charge on any atom is -0.282 e. The molecule has 0 aliphatic rings. The summed E-state index contributed by atoms with van der Waals surface area (Å²) in [6.45, 7) is 4.37. The molecule has 2 nitrogen and oxygen atoms in total. The van der Waals surface area contributed by atoms with Gasteiger partial charge in [-0.15, -0.1) is 0 Å². The molecule has 0 aliphatic carbocycles. The Labute approximate surface area is 101 Å². The van der Waals surface area contributed by atoms with Gasteiger partial charge in [0.05, 0.1) is 5.69 Å². The highest BCUT2D eigenvalue weighted by Crippen LogP contribution is 2.24. The lowest BCUT2D eigenvalue weighted by molar-refractivity contribution is 0.703. The van der Waals surface area contributed by atoms with Crippen molar-refractivity contribution < 1.29 is 0 Å². The Kier molecular flexibility index (Phi) is 3.30. The molecule has 0 radical (unpaired) electrons. The van der Waals surface area contributed by atoms with Crippen LogP contribution in [0.1, 0.15) is 31.9 Å². The normalized spacial score (nSPS) is 12.7. The summed E-state index contributed by atoms with van der Waals surface area (Å²) in [4.78, 5) is 0. The Hall–Kier alpha value is -1.28. The van der Waals surface area contributed by atoms with E-state index in [-0.39, 0.29) is 0 Å². The molecule has 1 unspecified atom stereocenters. The van der Waals surface area contributed by atoms with Crippen molar-refractivity contribution in [1.29, 1.82) is 0 Å². The van der Waals surface area contributed by atoms with E-state index in [0.29, 0.717) is 5.92 Å². The highest BCUT2D eigenvalue weighted by molar-refractivity contribution is 6.30. The summed E-state index contributed by atoms with van der Waals surface area (Å²) in [6, 6.07) is 9.85. The van der Waals surface area contributed by atoms with Gasteiger partial charge in [0.2, 0.25) is 0 Å². The van der Waals surface area contributed by atoms with E-state index in [2.05, 4.69) is 30.1 Å². The largest absolute Gasteiger partial charge is 0.282 e. The van der Waals surface area contributed by atoms with Crippen molar-refractivity contribution in [3.05, 3.63) is 41.0 Å². The van der Waals surface area contributed by atoms with Gasteiger partial charge in [0, 0.05) is 16.3 Å². The predicted molar refractivity (Wildman–Crippen MR) is 67.7 cm³/mol. The Balaban J connectivity index is 2.28. The number of hydrogen-bond acceptors (Lipinski definition) is 1. The maximum atomic E-state index is 5.85. The van der Waals surface area contributed by atoms with Crippen LogP contribution in [0.4, 0.5) is 0 Å². The molecule has 1 aromatic heterocycles. The van der Waals surface area contributed by atoms with Gasteiger partial charge in [0.15, 0.2) is 0 Å². The van der Waals surface area contributed by atoms with E-state index in [1.807, 2.05) is 24.3 Å². The number of rotatable bonds is 3. The van der Waals surface area contributed by atoms with Crippen molar-refractivity contribution in [3.8, 4) is 11.3 Å². The van der Waals surface area contributed by atoms with Gasteiger partial charge in [0.25, 0.3) is 0 Å². The van der Waals surface area contributed by atoms with Crippen LogP contribution < -0.4 is 0 Å². The third-order valence-corrected chi connectivity index (χ3v) is 3.13. The fraction of sp³-hybridized carbons (Fsp3) is 0.308. The average Bonchev–Trinajstić information content (AvgIpc) is 2.78. The first kappa shape index (κ1) is 11.2. The number of nitrogens with one attached hydrogen (secondary N) is 1. The molecule has 0 aliphatic heterocycles. The molecular weight excluding hydrogens is 220 g/mol. The summed E-state index contributed by atoms with van der Waals surface area (Å²) in [7, 11) is 0. The standard InChI is InChI=1S/C13H15ClN2/c1-3-9(2)12-8-13(16-15-12)10-4-6-11(14)7-5-10/h4-9H,3H2,1-2H3,(H,15,16). The summed E-state index contributed by atoms with van der Waals surface area (Å²) >= 11 is 5.85. The summed E-state index contributed by atoms with van der Waals surface area (Å²) in [5.74, 6) is 0.522. The molecule has 1 aromatic carbocycles. The predicted octanol–water partition coefficient (Wildman–Crippen LogP) is 4.24. The first-order valence-electron chi connectivity index (χ1n) is 5.52. The molecule has 1 heterocycles. The third-order valence-electron chi connectivity index (χ3n) is 2.88. The fourth-order valence-electron chi connectivity index (χ4n) is 1.58. The van der Waals surface area contributed by atoms with E-state index >= 15 is 0 Å². The van der Waals surface area contributed by atoms with Crippen LogP contribution >= 0.6 is 11.6 Å². The molecule has 1 N–H and O–H groups in total. The van der Waals surface area contributed by atoms with Crippen LogP contribution in [0.2, 0.25) is 5.02 Å². The van der Waals surface area contributed by atoms with Crippen molar-refractivity contribution >= 4 is 11.6 Å². The Morgan fingerprint density at radius 2 is 2.00 bits per heavy atom. The van der Waals surface area contributed by atoms with Crippen molar-refractivity contribution in [2.45, 2.75) is 26.2 Å². The number of aromatic amines is 1. The molecule has 3 heteroatoms. The molecule has 2 aromatic rings. The first-order valence-corrected chi connectivity index (χ1v) is 5.89. The number of halogens is 1. The highest BCUT2D eigenvalue weighted by Gasteiger charge is 2.08. The van der Waals surface area contributed by atoms with Crippen molar-refractivity contribution in [2.75, 3.05) is 0 Å². The molecule has 0 saturated heterocycles. The van der Waals surface area contributed by atoms with Gasteiger partial charge in [-0.3, -0.25) is 5.10 Å². The number of H-pyrrole nitrogens is 1. The summed E-state index contributed by atoms with van der Waals surface area (Å²) in [6.07, 6.45) is 1.11. The molecule has 0 fully saturated rings. The van der Waals surface area contributed by atoms with Gasteiger partial charge in [-0.2, -0.15) is 5.10 Å². The summed E-state index contributed by atoms with van der Waals surface area (Å²) in [5.41, 5.74) is 3.26. The molecule has 0 saturated carbocycles. The SMILES string of the molecule is CCC(C)c1cc(-c2ccc(Cl)cc2)n[nH]1. The number of benzene rings is 1. The van der Waals surface area contributed by atoms with E-state index in [1.54, 1.807) is 0 Å². The van der Waals surface area contributed by atoms with Crippen LogP contribution in [0.3, 0.4) is 0 Å². The van der Waals surface area contributed by atoms with E-state index in [0.717, 1.165) is 22.7 Å². The van der Waals surface area contributed by atoms with Crippen molar-refractivity contribution in [3.63, 3.8) is 0 Å². The maximum Gasteiger partial charge on any atom is 0.0923 e. The lowest BCUT2D eigenvalue weighted by atomic mass is 10.0. The van der Waals surface area contributed by atoms with Gasteiger partial charge >= 0.3 is 0 Å². The van der Waals surface area contributed by atoms with Crippen LogP contribution in [0.15, 0.2) is 30.3 Å². The van der Waals surface area contributed by atoms with Gasteiger partial charge in [-0.25, -0.2) is 0 Å². The topological polar surface area (TPSA) is 28.7 Å². The first-order chi connectivity index (χ1) is 7.70. The monoisotopic (exact) mass is 234 g/mol. The summed E-state index contributed by atoms with van der Waals surface area (Å²) < 4.78 is 0. The average molecular weight is 235 g/mol. The number of nitrogens with zero attached hydrogens (tertiary/aromatic N) is 1. The van der Waals surface area contributed by atoms with Crippen molar-refractivity contribution in [1.82, 2.24) is 10.2 Å². The quantitative estimate of drug-likeness (QED) is 0.845. The van der Waals surface area contributed by atoms with Crippen LogP contribution in [-0.4, -0.2) is 10.2 Å². The number of aromatic nitrogens is 2. The van der Waals surface area contributed by atoms with Gasteiger partial charge in [-0.05, 0) is 30.5 Å². The van der Waals surface area contributed by atoms with Crippen LogP contribution in [0, 0.1) is 0 Å². The second-order valence-electron chi connectivity index (χ2n) is 4.02. The van der Waals surface area contributed by atoms with E-state index in [9.17, 15) is 0 Å². The smallest absolute Gasteiger partial charge is 0.0923 e. The second kappa shape index (κ2) is 4.71. The molecule has 0 spiro atoms. The van der Waals surface area contributed by atoms with E-state index in [4.69, 9.17) is 11.6 Å². The van der Waals surface area contributed by atoms with Crippen molar-refractivity contribution in [2.24, 2.45) is 0 Å². The molecule has 16 heavy (non-hydrogen) atoms. The van der Waals surface area contributed by atoms with Gasteiger partial charge < -0.3 is 0 Å². The Morgan fingerprint density at radius 1 is 1.31 bits per heavy atom. The lowest BCUT2D eigenvalue weighted by Gasteiger charge is -2.02. The minimum atomic E-state index is 0.522. The zero-order valence-corrected chi connectivity index (χ0v) is 10.3. The molecular formula is C13H15ClN2. The van der Waals surface area contributed by atoms with E-state index in [1.165, 1.54) is 5.69 Å².